The van der Waals surface area contributed by atoms with E-state index in [2.05, 4.69) is 12.1 Å². The summed E-state index contributed by atoms with van der Waals surface area (Å²) in [6.07, 6.45) is 0. The fourth-order valence-corrected chi connectivity index (χ4v) is 4.61. The highest BCUT2D eigenvalue weighted by atomic mass is 31.2. The highest BCUT2D eigenvalue weighted by molar-refractivity contribution is 7.46. The van der Waals surface area contributed by atoms with Crippen LogP contribution in [0.4, 0.5) is 0 Å². The number of rotatable bonds is 6. The fraction of sp³-hybridized carbons (Fsp3) is 0. The van der Waals surface area contributed by atoms with Crippen LogP contribution in [-0.4, -0.2) is 9.79 Å². The largest absolute Gasteiger partial charge is 0.524 e. The number of phosphoric ester groups is 1. The number of benzene rings is 5. The van der Waals surface area contributed by atoms with Crippen molar-refractivity contribution in [2.24, 2.45) is 0 Å². The average Bonchev–Trinajstić information content (AvgIpc) is 2.89. The van der Waals surface area contributed by atoms with Crippen molar-refractivity contribution in [2.75, 3.05) is 0 Å². The van der Waals surface area contributed by atoms with Crippen LogP contribution in [-0.2, 0) is 4.57 Å². The van der Waals surface area contributed by atoms with E-state index in [1.54, 1.807) is 12.1 Å². The highest BCUT2D eigenvalue weighted by Crippen LogP contribution is 2.46. The second kappa shape index (κ2) is 9.73. The van der Waals surface area contributed by atoms with Gasteiger partial charge in [0.1, 0.15) is 5.75 Å². The van der Waals surface area contributed by atoms with Crippen molar-refractivity contribution < 1.29 is 18.9 Å². The summed E-state index contributed by atoms with van der Waals surface area (Å²) in [6, 6.07) is 41.4. The van der Waals surface area contributed by atoms with E-state index in [-0.39, 0.29) is 5.75 Å². The van der Waals surface area contributed by atoms with Gasteiger partial charge in [0.25, 0.3) is 0 Å². The maximum Gasteiger partial charge on any atom is 0.524 e. The molecule has 0 unspecified atom stereocenters. The van der Waals surface area contributed by atoms with Crippen LogP contribution in [0.15, 0.2) is 127 Å². The lowest BCUT2D eigenvalue weighted by molar-refractivity contribution is 0.283. The molecule has 4 nitrogen and oxygen atoms in total. The van der Waals surface area contributed by atoms with Crippen molar-refractivity contribution in [2.45, 2.75) is 0 Å². The predicted octanol–water partition coefficient (Wildman–Crippen LogP) is 7.83. The molecule has 0 fully saturated rings. The Morgan fingerprint density at radius 3 is 1.37 bits per heavy atom. The lowest BCUT2D eigenvalue weighted by Gasteiger charge is -2.17. The van der Waals surface area contributed by atoms with Crippen LogP contribution in [0.25, 0.3) is 44.5 Å². The van der Waals surface area contributed by atoms with Gasteiger partial charge in [0, 0.05) is 5.56 Å². The number of hydrogen-bond acceptors (Lipinski definition) is 2. The molecular weight excluding hydrogens is 455 g/mol. The summed E-state index contributed by atoms with van der Waals surface area (Å²) in [4.78, 5) is 19.1. The third-order valence-corrected chi connectivity index (χ3v) is 6.26. The summed E-state index contributed by atoms with van der Waals surface area (Å²) in [5, 5.41) is 0. The zero-order chi connectivity index (χ0) is 24.3. The minimum absolute atomic E-state index is 0.135. The van der Waals surface area contributed by atoms with E-state index in [1.807, 2.05) is 103 Å². The lowest BCUT2D eigenvalue weighted by atomic mass is 9.91. The van der Waals surface area contributed by atoms with Gasteiger partial charge in [-0.2, -0.15) is 0 Å². The van der Waals surface area contributed by atoms with Gasteiger partial charge in [-0.05, 0) is 45.0 Å². The van der Waals surface area contributed by atoms with Crippen LogP contribution < -0.4 is 4.52 Å². The number of phosphoric acid groups is 1. The van der Waals surface area contributed by atoms with E-state index >= 15 is 0 Å². The first-order valence-electron chi connectivity index (χ1n) is 11.2. The van der Waals surface area contributed by atoms with Crippen molar-refractivity contribution in [3.05, 3.63) is 127 Å². The molecule has 0 saturated carbocycles. The van der Waals surface area contributed by atoms with E-state index in [0.717, 1.165) is 38.9 Å². The second-order valence-electron chi connectivity index (χ2n) is 8.15. The minimum atomic E-state index is -4.75. The molecule has 0 amide bonds. The Kier molecular flexibility index (Phi) is 6.35. The maximum absolute atomic E-state index is 11.7. The van der Waals surface area contributed by atoms with Crippen molar-refractivity contribution in [1.29, 1.82) is 0 Å². The standard InChI is InChI=1S/C30H23O4P/c31-35(32,33)34-29-13-7-12-28(26-18-14-24(15-19-26)22-8-3-1-4-9-22)30(29)27-20-16-25(17-21-27)23-10-5-2-6-11-23/h1-21H,(H2,31,32,33). The molecule has 5 heteroatoms. The summed E-state index contributed by atoms with van der Waals surface area (Å²) < 4.78 is 16.9. The number of hydrogen-bond donors (Lipinski definition) is 2. The van der Waals surface area contributed by atoms with Crippen molar-refractivity contribution in [3.63, 3.8) is 0 Å². The molecule has 0 saturated heterocycles. The SMILES string of the molecule is O=P(O)(O)Oc1cccc(-c2ccc(-c3ccccc3)cc2)c1-c1ccc(-c2ccccc2)cc1. The van der Waals surface area contributed by atoms with Gasteiger partial charge in [0.05, 0.1) is 0 Å². The average molecular weight is 478 g/mol. The van der Waals surface area contributed by atoms with Gasteiger partial charge >= 0.3 is 7.82 Å². The molecule has 5 rings (SSSR count). The predicted molar refractivity (Wildman–Crippen MR) is 141 cm³/mol. The van der Waals surface area contributed by atoms with Gasteiger partial charge in [0.15, 0.2) is 0 Å². The van der Waals surface area contributed by atoms with E-state index in [0.29, 0.717) is 5.56 Å². The topological polar surface area (TPSA) is 66.8 Å². The van der Waals surface area contributed by atoms with Crippen LogP contribution in [0.3, 0.4) is 0 Å². The summed E-state index contributed by atoms with van der Waals surface area (Å²) in [5.74, 6) is 0.135. The second-order valence-corrected chi connectivity index (χ2v) is 9.31. The molecule has 0 aliphatic carbocycles. The summed E-state index contributed by atoms with van der Waals surface area (Å²) in [7, 11) is -4.75. The van der Waals surface area contributed by atoms with Gasteiger partial charge in [0.2, 0.25) is 0 Å². The third-order valence-electron chi connectivity index (χ3n) is 5.83. The molecule has 0 spiro atoms. The first kappa shape index (κ1) is 22.8. The molecule has 0 bridgehead atoms. The zero-order valence-corrected chi connectivity index (χ0v) is 19.7. The molecule has 2 N–H and O–H groups in total. The van der Waals surface area contributed by atoms with Crippen LogP contribution >= 0.6 is 7.82 Å². The van der Waals surface area contributed by atoms with Crippen LogP contribution in [0.5, 0.6) is 5.75 Å². The highest BCUT2D eigenvalue weighted by Gasteiger charge is 2.21. The lowest BCUT2D eigenvalue weighted by Crippen LogP contribution is -1.95. The molecule has 0 aliphatic heterocycles. The Morgan fingerprint density at radius 2 is 0.886 bits per heavy atom. The molecule has 0 radical (unpaired) electrons. The van der Waals surface area contributed by atoms with Gasteiger partial charge in [-0.3, -0.25) is 9.79 Å². The van der Waals surface area contributed by atoms with Gasteiger partial charge in [-0.15, -0.1) is 0 Å². The molecule has 172 valence electrons. The first-order valence-corrected chi connectivity index (χ1v) is 12.7. The van der Waals surface area contributed by atoms with Gasteiger partial charge < -0.3 is 4.52 Å². The Morgan fingerprint density at radius 1 is 0.457 bits per heavy atom. The fourth-order valence-electron chi connectivity index (χ4n) is 4.21. The summed E-state index contributed by atoms with van der Waals surface area (Å²) in [5.41, 5.74) is 7.52. The monoisotopic (exact) mass is 478 g/mol. The van der Waals surface area contributed by atoms with Gasteiger partial charge in [-0.25, -0.2) is 4.57 Å². The van der Waals surface area contributed by atoms with E-state index in [4.69, 9.17) is 4.52 Å². The molecule has 0 aromatic heterocycles. The molecular formula is C30H23O4P. The first-order chi connectivity index (χ1) is 17.0. The quantitative estimate of drug-likeness (QED) is 0.244. The van der Waals surface area contributed by atoms with E-state index in [9.17, 15) is 14.4 Å². The van der Waals surface area contributed by atoms with Crippen LogP contribution in [0.1, 0.15) is 0 Å². The summed E-state index contributed by atoms with van der Waals surface area (Å²) >= 11 is 0. The molecule has 35 heavy (non-hydrogen) atoms. The van der Waals surface area contributed by atoms with Crippen molar-refractivity contribution in [1.82, 2.24) is 0 Å². The normalized spacial score (nSPS) is 11.3. The molecule has 0 atom stereocenters. The minimum Gasteiger partial charge on any atom is -0.404 e. The maximum atomic E-state index is 11.7. The molecule has 0 heterocycles. The van der Waals surface area contributed by atoms with Crippen LogP contribution in [0, 0.1) is 0 Å². The van der Waals surface area contributed by atoms with Crippen molar-refractivity contribution in [3.8, 4) is 50.3 Å². The Balaban J connectivity index is 1.60. The van der Waals surface area contributed by atoms with Gasteiger partial charge in [-0.1, -0.05) is 121 Å². The summed E-state index contributed by atoms with van der Waals surface area (Å²) in [6.45, 7) is 0. The van der Waals surface area contributed by atoms with E-state index < -0.39 is 7.82 Å². The third kappa shape index (κ3) is 5.26. The van der Waals surface area contributed by atoms with Crippen LogP contribution in [0.2, 0.25) is 0 Å². The Hall–Kier alpha value is -3.95. The molecule has 0 aliphatic rings. The van der Waals surface area contributed by atoms with Crippen molar-refractivity contribution >= 4 is 7.82 Å². The molecule has 5 aromatic carbocycles. The molecule has 5 aromatic rings. The Labute approximate surface area is 204 Å². The smallest absolute Gasteiger partial charge is 0.404 e. The zero-order valence-electron chi connectivity index (χ0n) is 18.8. The Bertz CT molecular complexity index is 1470. The van der Waals surface area contributed by atoms with E-state index in [1.165, 1.54) is 0 Å².